The maximum absolute atomic E-state index is 11.3. The number of rotatable bonds is 6. The molecule has 3 rings (SSSR count). The molecule has 0 aliphatic carbocycles. The van der Waals surface area contributed by atoms with Crippen LogP contribution in [0.3, 0.4) is 0 Å². The SMILES string of the molecule is C/C(Nc1nc(-c2cc(C)n(Cc3ccccc3Cl)c2C)cs1)=C(/C#N)C(N)=O. The number of nitriles is 1. The number of allylic oxidation sites excluding steroid dienone is 1. The first-order chi connectivity index (χ1) is 13.8. The predicted molar refractivity (Wildman–Crippen MR) is 117 cm³/mol. The lowest BCUT2D eigenvalue weighted by Crippen LogP contribution is -2.16. The second-order valence-electron chi connectivity index (χ2n) is 6.60. The highest BCUT2D eigenvalue weighted by Crippen LogP contribution is 2.31. The molecule has 1 amide bonds. The monoisotopic (exact) mass is 425 g/mol. The van der Waals surface area contributed by atoms with E-state index in [1.807, 2.05) is 35.7 Å². The van der Waals surface area contributed by atoms with Gasteiger partial charge in [0.05, 0.1) is 5.69 Å². The van der Waals surface area contributed by atoms with E-state index in [-0.39, 0.29) is 5.57 Å². The molecule has 0 saturated heterocycles. The van der Waals surface area contributed by atoms with Crippen LogP contribution in [0.2, 0.25) is 5.02 Å². The Kier molecular flexibility index (Phi) is 6.06. The molecule has 8 heteroatoms. The summed E-state index contributed by atoms with van der Waals surface area (Å²) in [6, 6.07) is 11.7. The van der Waals surface area contributed by atoms with E-state index in [0.717, 1.165) is 33.2 Å². The maximum Gasteiger partial charge on any atom is 0.261 e. The average Bonchev–Trinajstić information content (AvgIpc) is 3.23. The molecular formula is C21H20ClN5OS. The Morgan fingerprint density at radius 2 is 2.10 bits per heavy atom. The molecule has 0 unspecified atom stereocenters. The summed E-state index contributed by atoms with van der Waals surface area (Å²) in [5, 5.41) is 15.3. The summed E-state index contributed by atoms with van der Waals surface area (Å²) in [6.07, 6.45) is 0. The van der Waals surface area contributed by atoms with Gasteiger partial charge in [0, 0.05) is 39.6 Å². The van der Waals surface area contributed by atoms with Crippen molar-refractivity contribution in [2.45, 2.75) is 27.3 Å². The Balaban J connectivity index is 1.89. The molecule has 0 atom stereocenters. The Bertz CT molecular complexity index is 1150. The standard InChI is InChI=1S/C21H20ClN5OS/c1-12-8-16(14(3)27(12)10-15-6-4-5-7-18(15)22)19-11-29-21(26-19)25-13(2)17(9-23)20(24)28/h4-8,11H,10H2,1-3H3,(H2,24,28)(H,25,26)/b17-13+. The number of aromatic nitrogens is 2. The number of thiazole rings is 1. The Morgan fingerprint density at radius 1 is 1.38 bits per heavy atom. The molecule has 29 heavy (non-hydrogen) atoms. The van der Waals surface area contributed by atoms with Crippen molar-refractivity contribution < 1.29 is 4.79 Å². The van der Waals surface area contributed by atoms with Gasteiger partial charge in [0.1, 0.15) is 11.6 Å². The lowest BCUT2D eigenvalue weighted by molar-refractivity contribution is -0.114. The zero-order valence-electron chi connectivity index (χ0n) is 16.3. The van der Waals surface area contributed by atoms with E-state index in [1.54, 1.807) is 6.92 Å². The number of amides is 1. The number of carbonyl (C=O) groups is 1. The molecule has 148 valence electrons. The number of carbonyl (C=O) groups excluding carboxylic acids is 1. The Labute approximate surface area is 178 Å². The zero-order valence-corrected chi connectivity index (χ0v) is 17.9. The fourth-order valence-electron chi connectivity index (χ4n) is 3.10. The third-order valence-corrected chi connectivity index (χ3v) is 5.79. The van der Waals surface area contributed by atoms with E-state index in [1.165, 1.54) is 11.3 Å². The van der Waals surface area contributed by atoms with Crippen LogP contribution in [-0.2, 0) is 11.3 Å². The van der Waals surface area contributed by atoms with Gasteiger partial charge in [0.2, 0.25) is 0 Å². The number of aryl methyl sites for hydroxylation is 1. The molecule has 1 aromatic carbocycles. The molecule has 0 fully saturated rings. The molecule has 0 spiro atoms. The van der Waals surface area contributed by atoms with Crippen LogP contribution in [0, 0.1) is 25.2 Å². The largest absolute Gasteiger partial charge is 0.365 e. The number of halogens is 1. The van der Waals surface area contributed by atoms with Gasteiger partial charge in [-0.25, -0.2) is 4.98 Å². The smallest absolute Gasteiger partial charge is 0.261 e. The van der Waals surface area contributed by atoms with Gasteiger partial charge in [-0.3, -0.25) is 4.79 Å². The topological polar surface area (TPSA) is 96.7 Å². The van der Waals surface area contributed by atoms with Crippen LogP contribution in [0.5, 0.6) is 0 Å². The molecule has 2 heterocycles. The van der Waals surface area contributed by atoms with Crippen molar-refractivity contribution in [3.8, 4) is 17.3 Å². The van der Waals surface area contributed by atoms with Crippen LogP contribution in [0.25, 0.3) is 11.3 Å². The van der Waals surface area contributed by atoms with Gasteiger partial charge in [0.25, 0.3) is 5.91 Å². The van der Waals surface area contributed by atoms with Gasteiger partial charge in [-0.05, 0) is 38.5 Å². The second kappa shape index (κ2) is 8.52. The highest BCUT2D eigenvalue weighted by molar-refractivity contribution is 7.14. The highest BCUT2D eigenvalue weighted by Gasteiger charge is 2.16. The molecule has 6 nitrogen and oxygen atoms in total. The van der Waals surface area contributed by atoms with Gasteiger partial charge < -0.3 is 15.6 Å². The van der Waals surface area contributed by atoms with E-state index in [4.69, 9.17) is 22.6 Å². The number of primary amides is 1. The summed E-state index contributed by atoms with van der Waals surface area (Å²) in [7, 11) is 0. The number of nitrogens with one attached hydrogen (secondary N) is 1. The number of anilines is 1. The van der Waals surface area contributed by atoms with E-state index in [0.29, 0.717) is 17.4 Å². The Hall–Kier alpha value is -3.08. The van der Waals surface area contributed by atoms with Crippen LogP contribution < -0.4 is 11.1 Å². The van der Waals surface area contributed by atoms with Crippen LogP contribution in [0.15, 0.2) is 47.0 Å². The van der Waals surface area contributed by atoms with Crippen molar-refractivity contribution in [2.24, 2.45) is 5.73 Å². The number of nitrogens with two attached hydrogens (primary N) is 1. The minimum atomic E-state index is -0.766. The number of hydrogen-bond acceptors (Lipinski definition) is 5. The molecule has 2 aromatic heterocycles. The van der Waals surface area contributed by atoms with Crippen molar-refractivity contribution in [1.82, 2.24) is 9.55 Å². The van der Waals surface area contributed by atoms with Crippen molar-refractivity contribution >= 4 is 34.0 Å². The Morgan fingerprint density at radius 3 is 2.76 bits per heavy atom. The average molecular weight is 426 g/mol. The predicted octanol–water partition coefficient (Wildman–Crippen LogP) is 4.62. The molecule has 0 aliphatic heterocycles. The summed E-state index contributed by atoms with van der Waals surface area (Å²) in [6.45, 7) is 6.41. The molecular weight excluding hydrogens is 406 g/mol. The third kappa shape index (κ3) is 4.34. The molecule has 0 aliphatic rings. The molecule has 0 bridgehead atoms. The van der Waals surface area contributed by atoms with Gasteiger partial charge in [-0.15, -0.1) is 11.3 Å². The molecule has 0 saturated carbocycles. The first kappa shape index (κ1) is 20.6. The fourth-order valence-corrected chi connectivity index (χ4v) is 4.06. The van der Waals surface area contributed by atoms with E-state index in [9.17, 15) is 4.79 Å². The van der Waals surface area contributed by atoms with Gasteiger partial charge >= 0.3 is 0 Å². The minimum Gasteiger partial charge on any atom is -0.365 e. The van der Waals surface area contributed by atoms with Crippen LogP contribution in [0.1, 0.15) is 23.9 Å². The van der Waals surface area contributed by atoms with Crippen LogP contribution in [-0.4, -0.2) is 15.5 Å². The lowest BCUT2D eigenvalue weighted by atomic mass is 10.2. The molecule has 0 radical (unpaired) electrons. The quantitative estimate of drug-likeness (QED) is 0.444. The summed E-state index contributed by atoms with van der Waals surface area (Å²) in [5.74, 6) is -0.766. The molecule has 3 N–H and O–H groups in total. The number of benzene rings is 1. The number of nitrogens with zero attached hydrogens (tertiary/aromatic N) is 3. The van der Waals surface area contributed by atoms with Crippen molar-refractivity contribution in [3.05, 3.63) is 69.0 Å². The maximum atomic E-state index is 11.3. The van der Waals surface area contributed by atoms with Crippen LogP contribution >= 0.6 is 22.9 Å². The van der Waals surface area contributed by atoms with E-state index in [2.05, 4.69) is 34.8 Å². The third-order valence-electron chi connectivity index (χ3n) is 4.67. The summed E-state index contributed by atoms with van der Waals surface area (Å²) >= 11 is 7.72. The van der Waals surface area contributed by atoms with Crippen molar-refractivity contribution in [2.75, 3.05) is 5.32 Å². The lowest BCUT2D eigenvalue weighted by Gasteiger charge is -2.11. The first-order valence-electron chi connectivity index (χ1n) is 8.85. The van der Waals surface area contributed by atoms with Crippen molar-refractivity contribution in [1.29, 1.82) is 5.26 Å². The van der Waals surface area contributed by atoms with Crippen molar-refractivity contribution in [3.63, 3.8) is 0 Å². The van der Waals surface area contributed by atoms with Gasteiger partial charge in [-0.1, -0.05) is 29.8 Å². The van der Waals surface area contributed by atoms with Gasteiger partial charge in [0.15, 0.2) is 5.13 Å². The zero-order chi connectivity index (χ0) is 21.1. The summed E-state index contributed by atoms with van der Waals surface area (Å²) < 4.78 is 2.20. The normalized spacial score (nSPS) is 11.7. The molecule has 3 aromatic rings. The first-order valence-corrected chi connectivity index (χ1v) is 10.1. The summed E-state index contributed by atoms with van der Waals surface area (Å²) in [4.78, 5) is 15.9. The second-order valence-corrected chi connectivity index (χ2v) is 7.87. The number of hydrogen-bond donors (Lipinski definition) is 2. The summed E-state index contributed by atoms with van der Waals surface area (Å²) in [5.41, 5.74) is 10.6. The minimum absolute atomic E-state index is 0.111. The van der Waals surface area contributed by atoms with Crippen LogP contribution in [0.4, 0.5) is 5.13 Å². The highest BCUT2D eigenvalue weighted by atomic mass is 35.5. The fraction of sp³-hybridized carbons (Fsp3) is 0.190. The van der Waals surface area contributed by atoms with E-state index < -0.39 is 5.91 Å². The van der Waals surface area contributed by atoms with Gasteiger partial charge in [-0.2, -0.15) is 5.26 Å². The van der Waals surface area contributed by atoms with E-state index >= 15 is 0 Å².